The average molecular weight is 518 g/mol. The zero-order valence-corrected chi connectivity index (χ0v) is 10.7. The minimum Gasteiger partial charge on any atom is -0.402 e. The summed E-state index contributed by atoms with van der Waals surface area (Å²) >= 11 is 0. The molecule has 0 aromatic heterocycles. The maximum absolute atomic E-state index is 7.17. The maximum atomic E-state index is 7.17. The van der Waals surface area contributed by atoms with Crippen molar-refractivity contribution in [2.75, 3.05) is 0 Å². The van der Waals surface area contributed by atoms with E-state index in [0.717, 1.165) is 0 Å². The van der Waals surface area contributed by atoms with Crippen molar-refractivity contribution in [3.8, 4) is 0 Å². The van der Waals surface area contributed by atoms with Gasteiger partial charge in [0.05, 0.1) is 0 Å². The molecule has 0 saturated heterocycles. The van der Waals surface area contributed by atoms with Crippen LogP contribution < -0.4 is 0 Å². The van der Waals surface area contributed by atoms with E-state index in [0.29, 0.717) is 0 Å². The second-order valence-electron chi connectivity index (χ2n) is 0.346. The molecule has 0 aromatic carbocycles. The van der Waals surface area contributed by atoms with Crippen LogP contribution in [0.2, 0.25) is 0 Å². The third-order valence-electron chi connectivity index (χ3n) is 0. The Kier molecular flexibility index (Phi) is 52.9. The molecule has 3 N–H and O–H groups in total. The second-order valence-corrected chi connectivity index (χ2v) is 0.346. The number of hydrogen-bond donors (Lipinski definition) is 3. The largest absolute Gasteiger partial charge is 0.631 e. The fraction of sp³-hybridized carbons (Fsp3) is 0. The predicted octanol–water partition coefficient (Wildman–Crippen LogP) is -2.05. The molecule has 45 valence electrons. The van der Waals surface area contributed by atoms with Crippen LogP contribution in [0.4, 0.5) is 0 Å². The molecule has 7 heavy (non-hydrogen) atoms. The Morgan fingerprint density at radius 3 is 1.00 bits per heavy atom. The summed E-state index contributed by atoms with van der Waals surface area (Å²) in [6.45, 7) is 0. The van der Waals surface area contributed by atoms with Gasteiger partial charge in [0.1, 0.15) is 0 Å². The van der Waals surface area contributed by atoms with Crippen LogP contribution in [0.3, 0.4) is 0 Å². The van der Waals surface area contributed by atoms with Gasteiger partial charge in [0.2, 0.25) is 0 Å². The zero-order valence-electron chi connectivity index (χ0n) is 3.11. The van der Waals surface area contributed by atoms with Gasteiger partial charge in [0.25, 0.3) is 0 Å². The zero-order chi connectivity index (χ0) is 3.58. The van der Waals surface area contributed by atoms with Crippen molar-refractivity contribution in [2.24, 2.45) is 0 Å². The predicted molar refractivity (Wildman–Crippen MR) is 12.4 cm³/mol. The van der Waals surface area contributed by atoms with E-state index in [1.807, 2.05) is 0 Å². The quantitative estimate of drug-likeness (QED) is 0.324. The van der Waals surface area contributed by atoms with Crippen LogP contribution in [0.25, 0.3) is 0 Å². The Morgan fingerprint density at radius 1 is 1.00 bits per heavy atom. The van der Waals surface area contributed by atoms with Crippen LogP contribution in [-0.2, 0) is 0 Å². The number of rotatable bonds is 0. The minimum absolute atomic E-state index is 0. The van der Waals surface area contributed by atoms with Crippen LogP contribution in [0.1, 0.15) is 0 Å². The summed E-state index contributed by atoms with van der Waals surface area (Å²) in [6, 6.07) is 0. The van der Waals surface area contributed by atoms with E-state index in [9.17, 15) is 0 Å². The molecule has 0 heterocycles. The Bertz CT molecular complexity index is 19.7. The first-order valence-corrected chi connectivity index (χ1v) is 0.775. The van der Waals surface area contributed by atoms with E-state index < -0.39 is 7.32 Å². The van der Waals surface area contributed by atoms with Gasteiger partial charge in [-0.05, 0) is 0 Å². The van der Waals surface area contributed by atoms with Crippen molar-refractivity contribution in [2.45, 2.75) is 0 Å². The monoisotopic (exact) mass is 519 g/mol. The van der Waals surface area contributed by atoms with Crippen molar-refractivity contribution in [3.63, 3.8) is 0 Å². The molecule has 0 fully saturated rings. The van der Waals surface area contributed by atoms with Gasteiger partial charge in [-0.2, -0.15) is 0 Å². The second kappa shape index (κ2) is 16.5. The van der Waals surface area contributed by atoms with Gasteiger partial charge >= 0.3 is 7.32 Å². The standard InChI is InChI=1S/BH3O3.Ce.Gd.Tb/c2-1(3)4;;;/h2-4H;;;. The Balaban J connectivity index is -0.0000000150. The van der Waals surface area contributed by atoms with Crippen molar-refractivity contribution < 1.29 is 135 Å². The van der Waals surface area contributed by atoms with E-state index in [2.05, 4.69) is 0 Å². The first-order valence-electron chi connectivity index (χ1n) is 0.775. The summed E-state index contributed by atoms with van der Waals surface area (Å²) in [5.74, 6) is 0. The molecular formula is H3BCeGdO3Tb. The molecule has 3 nitrogen and oxygen atoms in total. The van der Waals surface area contributed by atoms with E-state index in [1.165, 1.54) is 0 Å². The fourth-order valence-corrected chi connectivity index (χ4v) is 0. The number of hydrogen-bond acceptors (Lipinski definition) is 3. The molecule has 0 amide bonds. The summed E-state index contributed by atoms with van der Waals surface area (Å²) in [5.41, 5.74) is 0. The first-order chi connectivity index (χ1) is 1.73. The van der Waals surface area contributed by atoms with Gasteiger partial charge < -0.3 is 15.1 Å². The SMILES string of the molecule is OB(O)O.[Ce].[Gd].[Tb]. The maximum Gasteiger partial charge on any atom is 0.631 e. The van der Waals surface area contributed by atoms with Crippen LogP contribution in [-0.4, -0.2) is 22.4 Å². The normalized spacial score (nSPS) is 3.86. The molecule has 0 rings (SSSR count). The summed E-state index contributed by atoms with van der Waals surface area (Å²) < 4.78 is 0. The molecule has 0 saturated carbocycles. The molecule has 0 spiro atoms. The molecule has 7 heteroatoms. The van der Waals surface area contributed by atoms with Crippen molar-refractivity contribution in [1.82, 2.24) is 0 Å². The molecule has 0 bridgehead atoms. The van der Waals surface area contributed by atoms with Gasteiger partial charge in [-0.3, -0.25) is 0 Å². The van der Waals surface area contributed by atoms with Gasteiger partial charge in [-0.25, -0.2) is 0 Å². The van der Waals surface area contributed by atoms with Crippen molar-refractivity contribution >= 4 is 7.32 Å². The molecule has 1 radical (unpaired) electrons. The minimum atomic E-state index is -2.17. The van der Waals surface area contributed by atoms with Gasteiger partial charge in [0.15, 0.2) is 0 Å². The molecule has 0 unspecified atom stereocenters. The Morgan fingerprint density at radius 2 is 1.00 bits per heavy atom. The van der Waals surface area contributed by atoms with E-state index in [1.54, 1.807) is 0 Å². The Hall–Kier alpha value is 3.93. The smallest absolute Gasteiger partial charge is 0.402 e. The summed E-state index contributed by atoms with van der Waals surface area (Å²) in [5, 5.41) is 21.5. The molecule has 0 aliphatic heterocycles. The topological polar surface area (TPSA) is 60.7 Å². The van der Waals surface area contributed by atoms with Gasteiger partial charge in [-0.15, -0.1) is 0 Å². The summed E-state index contributed by atoms with van der Waals surface area (Å²) in [4.78, 5) is 0. The van der Waals surface area contributed by atoms with Crippen LogP contribution in [0.15, 0.2) is 0 Å². The van der Waals surface area contributed by atoms with Gasteiger partial charge in [-0.1, -0.05) is 0 Å². The summed E-state index contributed by atoms with van der Waals surface area (Å²) in [6.07, 6.45) is 0. The Labute approximate surface area is 139 Å². The molecule has 0 aromatic rings. The van der Waals surface area contributed by atoms with Crippen molar-refractivity contribution in [1.29, 1.82) is 0 Å². The molecular weight excluding hydrogens is 515 g/mol. The van der Waals surface area contributed by atoms with Crippen LogP contribution in [0, 0.1) is 120 Å². The third kappa shape index (κ3) is 40.4. The van der Waals surface area contributed by atoms with Gasteiger partial charge in [0, 0.05) is 120 Å². The molecule has 0 atom stereocenters. The van der Waals surface area contributed by atoms with Crippen LogP contribution >= 0.6 is 0 Å². The van der Waals surface area contributed by atoms with E-state index >= 15 is 0 Å². The average Bonchev–Trinajstić information content (AvgIpc) is 0.811. The molecule has 0 aliphatic rings. The summed E-state index contributed by atoms with van der Waals surface area (Å²) in [7, 11) is -2.17. The molecule has 0 aliphatic carbocycles. The van der Waals surface area contributed by atoms with Crippen molar-refractivity contribution in [3.05, 3.63) is 0 Å². The van der Waals surface area contributed by atoms with Crippen LogP contribution in [0.5, 0.6) is 0 Å². The fourth-order valence-electron chi connectivity index (χ4n) is 0. The van der Waals surface area contributed by atoms with E-state index in [-0.39, 0.29) is 120 Å². The third-order valence-corrected chi connectivity index (χ3v) is 0. The van der Waals surface area contributed by atoms with E-state index in [4.69, 9.17) is 15.1 Å². The first kappa shape index (κ1) is 22.4.